The fourth-order valence-corrected chi connectivity index (χ4v) is 3.33. The first kappa shape index (κ1) is 30.9. The molecule has 0 aromatic carbocycles. The molecule has 0 saturated heterocycles. The standard InChI is InChI=1S/C20H38O6S.K.H/c1-3-5-6-13-16-19(21)17-14-11-9-7-8-10-12-15-18-20(22)26-27(23,24)25-4-2;;/h11,14,19,21H,3-10,12-13,15-18H2,1-2H3;;/q;+1;-1/b14-11-;;/t19-;;/m1../s1. The van der Waals surface area contributed by atoms with Crippen LogP contribution in [0.3, 0.4) is 0 Å². The van der Waals surface area contributed by atoms with Gasteiger partial charge in [-0.05, 0) is 39.0 Å². The summed E-state index contributed by atoms with van der Waals surface area (Å²) in [6.07, 6.45) is 16.1. The van der Waals surface area contributed by atoms with Gasteiger partial charge in [-0.25, -0.2) is 4.18 Å². The number of unbranched alkanes of at least 4 members (excludes halogenated alkanes) is 8. The number of hydrogen-bond acceptors (Lipinski definition) is 6. The van der Waals surface area contributed by atoms with E-state index in [1.807, 2.05) is 0 Å². The summed E-state index contributed by atoms with van der Waals surface area (Å²) >= 11 is 0. The quantitative estimate of drug-likeness (QED) is 0.197. The minimum Gasteiger partial charge on any atom is -1.00 e. The van der Waals surface area contributed by atoms with Gasteiger partial charge in [0.05, 0.1) is 12.7 Å². The van der Waals surface area contributed by atoms with Crippen molar-refractivity contribution in [2.45, 2.75) is 103 Å². The molecule has 162 valence electrons. The van der Waals surface area contributed by atoms with Crippen LogP contribution < -0.4 is 51.4 Å². The Bertz CT molecular complexity index is 499. The van der Waals surface area contributed by atoms with Crippen LogP contribution in [-0.4, -0.2) is 32.2 Å². The van der Waals surface area contributed by atoms with Gasteiger partial charge < -0.3 is 10.7 Å². The van der Waals surface area contributed by atoms with Crippen molar-refractivity contribution in [3.8, 4) is 0 Å². The van der Waals surface area contributed by atoms with E-state index in [2.05, 4.69) is 27.4 Å². The molecule has 0 aliphatic rings. The monoisotopic (exact) mass is 446 g/mol. The van der Waals surface area contributed by atoms with Crippen LogP contribution in [0.5, 0.6) is 0 Å². The summed E-state index contributed by atoms with van der Waals surface area (Å²) in [6, 6.07) is 0. The molecule has 1 atom stereocenters. The van der Waals surface area contributed by atoms with E-state index < -0.39 is 16.4 Å². The van der Waals surface area contributed by atoms with Crippen molar-refractivity contribution in [2.75, 3.05) is 6.61 Å². The zero-order chi connectivity index (χ0) is 20.4. The van der Waals surface area contributed by atoms with Gasteiger partial charge in [-0.1, -0.05) is 64.0 Å². The van der Waals surface area contributed by atoms with Crippen LogP contribution in [0.1, 0.15) is 98.7 Å². The molecule has 0 radical (unpaired) electrons. The summed E-state index contributed by atoms with van der Waals surface area (Å²) in [5, 5.41) is 9.86. The third-order valence-electron chi connectivity index (χ3n) is 4.17. The second-order valence-corrected chi connectivity index (χ2v) is 8.01. The van der Waals surface area contributed by atoms with Crippen LogP contribution in [0.25, 0.3) is 0 Å². The van der Waals surface area contributed by atoms with Gasteiger partial charge in [0.15, 0.2) is 0 Å². The third-order valence-corrected chi connectivity index (χ3v) is 5.09. The number of hydrogen-bond donors (Lipinski definition) is 1. The molecule has 0 amide bonds. The molecule has 0 unspecified atom stereocenters. The SMILES string of the molecule is CCCCCC[C@@H](O)C/C=C\CCCCCCCC(=O)OS(=O)(=O)OCC.[H-].[K+]. The largest absolute Gasteiger partial charge is 1.00 e. The fourth-order valence-electron chi connectivity index (χ4n) is 2.68. The van der Waals surface area contributed by atoms with Gasteiger partial charge >= 0.3 is 67.8 Å². The van der Waals surface area contributed by atoms with Crippen molar-refractivity contribution in [1.29, 1.82) is 0 Å². The average molecular weight is 447 g/mol. The number of aliphatic hydroxyl groups is 1. The van der Waals surface area contributed by atoms with Gasteiger partial charge in [-0.3, -0.25) is 4.79 Å². The van der Waals surface area contributed by atoms with Crippen LogP contribution in [-0.2, 0) is 23.6 Å². The maximum Gasteiger partial charge on any atom is 1.00 e. The van der Waals surface area contributed by atoms with E-state index in [1.54, 1.807) is 0 Å². The Morgan fingerprint density at radius 1 is 1.00 bits per heavy atom. The van der Waals surface area contributed by atoms with Crippen LogP contribution in [0.4, 0.5) is 0 Å². The number of carbonyl (C=O) groups is 1. The molecule has 1 N–H and O–H groups in total. The van der Waals surface area contributed by atoms with Gasteiger partial charge in [0.2, 0.25) is 0 Å². The Morgan fingerprint density at radius 2 is 1.64 bits per heavy atom. The third kappa shape index (κ3) is 21.4. The Morgan fingerprint density at radius 3 is 2.32 bits per heavy atom. The molecule has 0 saturated carbocycles. The first-order valence-corrected chi connectivity index (χ1v) is 11.7. The Balaban J connectivity index is -0.00000338. The second kappa shape index (κ2) is 21.0. The van der Waals surface area contributed by atoms with Crippen LogP contribution in [0, 0.1) is 0 Å². The molecule has 0 rings (SSSR count). The summed E-state index contributed by atoms with van der Waals surface area (Å²) in [5.41, 5.74) is 0. The summed E-state index contributed by atoms with van der Waals surface area (Å²) in [4.78, 5) is 11.4. The van der Waals surface area contributed by atoms with Crippen molar-refractivity contribution >= 4 is 16.4 Å². The first-order valence-electron chi connectivity index (χ1n) is 10.4. The Labute approximate surface area is 216 Å². The number of carbonyl (C=O) groups excluding carboxylic acids is 1. The molecule has 0 aliphatic carbocycles. The maximum absolute atomic E-state index is 11.4. The summed E-state index contributed by atoms with van der Waals surface area (Å²) < 4.78 is 30.9. The molecule has 0 bridgehead atoms. The van der Waals surface area contributed by atoms with E-state index in [1.165, 1.54) is 26.2 Å². The maximum atomic E-state index is 11.4. The van der Waals surface area contributed by atoms with E-state index in [0.717, 1.165) is 51.4 Å². The Hall–Kier alpha value is 0.716. The van der Waals surface area contributed by atoms with Gasteiger partial charge in [0.1, 0.15) is 0 Å². The fraction of sp³-hybridized carbons (Fsp3) is 0.850. The van der Waals surface area contributed by atoms with Crippen molar-refractivity contribution < 1.29 is 79.5 Å². The summed E-state index contributed by atoms with van der Waals surface area (Å²) in [5.74, 6) is -0.764. The van der Waals surface area contributed by atoms with E-state index >= 15 is 0 Å². The number of allylic oxidation sites excluding steroid dienone is 1. The Kier molecular flexibility index (Phi) is 23.1. The number of rotatable bonds is 18. The smallest absolute Gasteiger partial charge is 1.00 e. The zero-order valence-corrected chi connectivity index (χ0v) is 22.0. The van der Waals surface area contributed by atoms with Crippen molar-refractivity contribution in [1.82, 2.24) is 0 Å². The summed E-state index contributed by atoms with van der Waals surface area (Å²) in [7, 11) is -4.18. The molecule has 6 nitrogen and oxygen atoms in total. The molecule has 0 aromatic heterocycles. The van der Waals surface area contributed by atoms with Crippen molar-refractivity contribution in [3.05, 3.63) is 12.2 Å². The molecular formula is C20H39KO6S. The molecule has 0 aliphatic heterocycles. The number of aliphatic hydroxyl groups excluding tert-OH is 1. The molecular weight excluding hydrogens is 407 g/mol. The van der Waals surface area contributed by atoms with Gasteiger partial charge in [-0.15, -0.1) is 0 Å². The van der Waals surface area contributed by atoms with Crippen LogP contribution in [0.2, 0.25) is 0 Å². The van der Waals surface area contributed by atoms with Crippen molar-refractivity contribution in [2.24, 2.45) is 0 Å². The van der Waals surface area contributed by atoms with E-state index in [4.69, 9.17) is 0 Å². The van der Waals surface area contributed by atoms with E-state index in [-0.39, 0.29) is 71.9 Å². The molecule has 0 spiro atoms. The normalized spacial score (nSPS) is 12.7. The molecule has 0 aromatic rings. The van der Waals surface area contributed by atoms with Crippen molar-refractivity contribution in [3.63, 3.8) is 0 Å². The zero-order valence-electron chi connectivity index (χ0n) is 19.0. The van der Waals surface area contributed by atoms with Gasteiger partial charge in [-0.2, -0.15) is 8.42 Å². The van der Waals surface area contributed by atoms with Crippen LogP contribution >= 0.6 is 0 Å². The second-order valence-electron chi connectivity index (χ2n) is 6.79. The first-order chi connectivity index (χ1) is 12.9. The average Bonchev–Trinajstić information content (AvgIpc) is 2.59. The molecule has 28 heavy (non-hydrogen) atoms. The van der Waals surface area contributed by atoms with Gasteiger partial charge in [0, 0.05) is 6.42 Å². The molecule has 0 heterocycles. The molecule has 8 heteroatoms. The van der Waals surface area contributed by atoms with E-state index in [9.17, 15) is 18.3 Å². The predicted octanol–water partition coefficient (Wildman–Crippen LogP) is 1.94. The minimum absolute atomic E-state index is 0. The van der Waals surface area contributed by atoms with Gasteiger partial charge in [0.25, 0.3) is 0 Å². The topological polar surface area (TPSA) is 89.9 Å². The summed E-state index contributed by atoms with van der Waals surface area (Å²) in [6.45, 7) is 3.64. The molecule has 0 fully saturated rings. The van der Waals surface area contributed by atoms with Crippen LogP contribution in [0.15, 0.2) is 12.2 Å². The predicted molar refractivity (Wildman–Crippen MR) is 109 cm³/mol. The minimum atomic E-state index is -4.18. The van der Waals surface area contributed by atoms with E-state index in [0.29, 0.717) is 6.42 Å².